The van der Waals surface area contributed by atoms with Gasteiger partial charge in [0.15, 0.2) is 0 Å². The van der Waals surface area contributed by atoms with Gasteiger partial charge in [-0.05, 0) is 85.0 Å². The van der Waals surface area contributed by atoms with Crippen molar-refractivity contribution in [2.75, 3.05) is 17.4 Å². The second-order valence-corrected chi connectivity index (χ2v) is 15.1. The van der Waals surface area contributed by atoms with Gasteiger partial charge in [0.2, 0.25) is 11.8 Å². The number of anilines is 2. The number of nitro benzene ring substituents is 1. The first-order chi connectivity index (χ1) is 27.5. The maximum Gasteiger partial charge on any atom is 0.573 e. The summed E-state index contributed by atoms with van der Waals surface area (Å²) in [6, 6.07) is 18.1. The molecule has 13 nitrogen and oxygen atoms in total. The minimum Gasteiger partial charge on any atom is -0.508 e. The molecule has 0 aromatic heterocycles. The molecule has 58 heavy (non-hydrogen) atoms. The first-order valence-electron chi connectivity index (χ1n) is 17.7. The van der Waals surface area contributed by atoms with Gasteiger partial charge in [-0.25, -0.2) is 0 Å². The van der Waals surface area contributed by atoms with Crippen LogP contribution in [-0.4, -0.2) is 52.1 Å². The molecule has 4 aliphatic rings. The van der Waals surface area contributed by atoms with Gasteiger partial charge >= 0.3 is 6.36 Å². The minimum absolute atomic E-state index is 0.0493. The molecule has 0 bridgehead atoms. The van der Waals surface area contributed by atoms with Crippen LogP contribution >= 0.6 is 23.2 Å². The van der Waals surface area contributed by atoms with Crippen molar-refractivity contribution in [3.63, 3.8) is 0 Å². The highest BCUT2D eigenvalue weighted by atomic mass is 35.5. The summed E-state index contributed by atoms with van der Waals surface area (Å²) in [6.45, 7) is 0. The number of phenols is 1. The fourth-order valence-electron chi connectivity index (χ4n) is 9.13. The quantitative estimate of drug-likeness (QED) is 0.0777. The van der Waals surface area contributed by atoms with E-state index in [0.717, 1.165) is 40.2 Å². The summed E-state index contributed by atoms with van der Waals surface area (Å²) in [5.41, 5.74) is 1.08. The maximum atomic E-state index is 15.4. The van der Waals surface area contributed by atoms with Crippen molar-refractivity contribution in [2.24, 2.45) is 23.7 Å². The summed E-state index contributed by atoms with van der Waals surface area (Å²) in [7, 11) is 1.42. The average Bonchev–Trinajstić information content (AvgIpc) is 3.56. The number of nitro groups is 1. The highest BCUT2D eigenvalue weighted by Crippen LogP contribution is 2.65. The Balaban J connectivity index is 1.34. The Morgan fingerprint density at radius 1 is 0.897 bits per heavy atom. The van der Waals surface area contributed by atoms with Crippen LogP contribution in [0.1, 0.15) is 29.9 Å². The molecule has 2 N–H and O–H groups in total. The van der Waals surface area contributed by atoms with Gasteiger partial charge in [-0.15, -0.1) is 13.2 Å². The zero-order valence-electron chi connectivity index (χ0n) is 29.9. The lowest BCUT2D eigenvalue weighted by Gasteiger charge is -2.50. The molecule has 4 aromatic carbocycles. The Hall–Kier alpha value is -6.13. The van der Waals surface area contributed by atoms with Crippen LogP contribution in [-0.2, 0) is 24.6 Å². The number of rotatable bonds is 8. The number of phenolic OH excluding ortho intramolecular Hbond substituents is 1. The number of hydrogen-bond acceptors (Lipinski definition) is 10. The van der Waals surface area contributed by atoms with E-state index in [2.05, 4.69) is 10.2 Å². The summed E-state index contributed by atoms with van der Waals surface area (Å²) in [5.74, 6) is -9.65. The van der Waals surface area contributed by atoms with Crippen molar-refractivity contribution in [3.05, 3.63) is 128 Å². The van der Waals surface area contributed by atoms with E-state index >= 15 is 4.79 Å². The van der Waals surface area contributed by atoms with Crippen molar-refractivity contribution in [2.45, 2.75) is 30.5 Å². The summed E-state index contributed by atoms with van der Waals surface area (Å²) < 4.78 is 50.6. The van der Waals surface area contributed by atoms with Crippen LogP contribution in [0.5, 0.6) is 17.2 Å². The van der Waals surface area contributed by atoms with Crippen LogP contribution in [0.4, 0.5) is 30.2 Å². The van der Waals surface area contributed by atoms with E-state index < -0.39 is 81.4 Å². The summed E-state index contributed by atoms with van der Waals surface area (Å²) >= 11 is 12.6. The number of non-ortho nitro benzene ring substituents is 1. The van der Waals surface area contributed by atoms with Gasteiger partial charge < -0.3 is 14.6 Å². The second-order valence-electron chi connectivity index (χ2n) is 14.3. The Bertz CT molecular complexity index is 2450. The third-order valence-corrected chi connectivity index (χ3v) is 12.0. The number of carbonyl (C=O) groups is 4. The Morgan fingerprint density at radius 3 is 2.22 bits per heavy atom. The van der Waals surface area contributed by atoms with Crippen molar-refractivity contribution in [1.82, 2.24) is 5.01 Å². The zero-order valence-corrected chi connectivity index (χ0v) is 31.4. The number of nitrogens with one attached hydrogen (secondary N) is 1. The minimum atomic E-state index is -5.15. The van der Waals surface area contributed by atoms with Crippen molar-refractivity contribution in [3.8, 4) is 17.2 Å². The van der Waals surface area contributed by atoms with Crippen LogP contribution in [0.15, 0.2) is 96.6 Å². The topological polar surface area (TPSA) is 169 Å². The molecule has 4 amide bonds. The van der Waals surface area contributed by atoms with Crippen LogP contribution in [0.2, 0.25) is 10.0 Å². The first-order valence-corrected chi connectivity index (χ1v) is 18.5. The van der Waals surface area contributed by atoms with Crippen LogP contribution in [0, 0.1) is 33.8 Å². The van der Waals surface area contributed by atoms with Crippen molar-refractivity contribution < 1.29 is 51.9 Å². The number of alkyl halides is 3. The largest absolute Gasteiger partial charge is 0.573 e. The molecule has 8 rings (SSSR count). The number of benzene rings is 4. The molecular formula is C40H29Cl2F3N4O9. The molecule has 18 heteroatoms. The number of imide groups is 2. The van der Waals surface area contributed by atoms with Gasteiger partial charge in [-0.1, -0.05) is 47.0 Å². The summed E-state index contributed by atoms with van der Waals surface area (Å²) in [5, 5.41) is 24.0. The van der Waals surface area contributed by atoms with E-state index in [-0.39, 0.29) is 51.1 Å². The van der Waals surface area contributed by atoms with Gasteiger partial charge in [0.25, 0.3) is 17.5 Å². The number of aromatic hydroxyl groups is 1. The fraction of sp³-hybridized carbons (Fsp3) is 0.250. The van der Waals surface area contributed by atoms with Gasteiger partial charge in [0.05, 0.1) is 51.6 Å². The number of halogens is 5. The van der Waals surface area contributed by atoms with Gasteiger partial charge in [0.1, 0.15) is 17.2 Å². The number of hydrazine groups is 1. The number of hydrogen-bond donors (Lipinski definition) is 2. The monoisotopic (exact) mass is 836 g/mol. The molecule has 2 aliphatic carbocycles. The van der Waals surface area contributed by atoms with E-state index in [0.29, 0.717) is 11.3 Å². The third-order valence-electron chi connectivity index (χ3n) is 11.4. The molecule has 3 fully saturated rings. The second kappa shape index (κ2) is 14.1. The number of ether oxygens (including phenoxy) is 2. The van der Waals surface area contributed by atoms with Crippen molar-refractivity contribution in [1.29, 1.82) is 0 Å². The molecule has 0 spiro atoms. The lowest BCUT2D eigenvalue weighted by molar-refractivity contribution is -0.384. The highest BCUT2D eigenvalue weighted by Gasteiger charge is 2.71. The predicted octanol–water partition coefficient (Wildman–Crippen LogP) is 7.70. The normalized spacial score (nSPS) is 25.2. The standard InChI is InChI=1S/C40H29Cl2F3N4O9/c1-57-23-9-2-19(3-10-23)39-29(36(52)48(38(39)54)46-31-14-4-20(41)16-30(31)42)18-27-25(34(39)28-17-24(11-15-32(28)50)58-40(43,44)45)12-13-26-33(27)37(53)47(35(26)51)21-5-7-22(8-6-21)49(55)56/h2-12,14-17,26-27,29,33-34,46,50H,13,18H2,1H3. The number of fused-ring (bicyclic) bond motifs is 4. The zero-order chi connectivity index (χ0) is 41.4. The Morgan fingerprint density at radius 2 is 1.59 bits per heavy atom. The summed E-state index contributed by atoms with van der Waals surface area (Å²) in [4.78, 5) is 70.5. The van der Waals surface area contributed by atoms with Crippen molar-refractivity contribution >= 4 is 63.9 Å². The average molecular weight is 838 g/mol. The molecule has 4 aromatic rings. The predicted molar refractivity (Wildman–Crippen MR) is 201 cm³/mol. The van der Waals surface area contributed by atoms with Crippen LogP contribution in [0.3, 0.4) is 0 Å². The molecule has 6 atom stereocenters. The molecule has 298 valence electrons. The van der Waals surface area contributed by atoms with Gasteiger partial charge in [-0.3, -0.25) is 39.6 Å². The number of amides is 4. The lowest BCUT2D eigenvalue weighted by Crippen LogP contribution is -2.53. The maximum absolute atomic E-state index is 15.4. The third kappa shape index (κ3) is 6.09. The highest BCUT2D eigenvalue weighted by molar-refractivity contribution is 6.36. The first kappa shape index (κ1) is 38.7. The lowest BCUT2D eigenvalue weighted by atomic mass is 9.49. The molecule has 0 radical (unpaired) electrons. The van der Waals surface area contributed by atoms with E-state index in [1.54, 1.807) is 30.3 Å². The van der Waals surface area contributed by atoms with Gasteiger partial charge in [-0.2, -0.15) is 5.01 Å². The number of carbonyl (C=O) groups excluding carboxylic acids is 4. The number of allylic oxidation sites excluding steroid dienone is 2. The molecular weight excluding hydrogens is 808 g/mol. The number of methoxy groups -OCH3 is 1. The molecule has 6 unspecified atom stereocenters. The molecule has 2 saturated heterocycles. The molecule has 1 saturated carbocycles. The Kier molecular flexibility index (Phi) is 9.39. The van der Waals surface area contributed by atoms with E-state index in [9.17, 15) is 42.8 Å². The number of nitrogens with zero attached hydrogens (tertiary/aromatic N) is 3. The smallest absolute Gasteiger partial charge is 0.508 e. The van der Waals surface area contributed by atoms with Gasteiger partial charge in [0, 0.05) is 28.6 Å². The molecule has 2 heterocycles. The SMILES string of the molecule is COc1ccc(C23C(=O)N(Nc4ccc(Cl)cc4Cl)C(=O)C2CC2C(=CCC4C(=O)N(c5ccc([N+](=O)[O-])cc5)C(=O)C42)C3c2cc(OC(F)(F)F)ccc2O)cc1. The Labute approximate surface area is 336 Å². The van der Waals surface area contributed by atoms with E-state index in [1.807, 2.05) is 0 Å². The molecule has 2 aliphatic heterocycles. The van der Waals surface area contributed by atoms with Crippen LogP contribution < -0.4 is 19.8 Å². The fourth-order valence-corrected chi connectivity index (χ4v) is 9.58. The van der Waals surface area contributed by atoms with Crippen LogP contribution in [0.25, 0.3) is 0 Å². The van der Waals surface area contributed by atoms with E-state index in [1.165, 1.54) is 37.4 Å². The van der Waals surface area contributed by atoms with E-state index in [4.69, 9.17) is 27.9 Å². The summed E-state index contributed by atoms with van der Waals surface area (Å²) in [6.07, 6.45) is -3.76.